The molecule has 5 heteroatoms. The number of aromatic nitrogens is 1. The van der Waals surface area contributed by atoms with Gasteiger partial charge in [-0.15, -0.1) is 0 Å². The Labute approximate surface area is 109 Å². The number of H-pyrrole nitrogens is 1. The summed E-state index contributed by atoms with van der Waals surface area (Å²) in [7, 11) is 0. The Bertz CT molecular complexity index is 649. The van der Waals surface area contributed by atoms with Gasteiger partial charge >= 0.3 is 0 Å². The number of anilines is 1. The molecule has 0 spiro atoms. The van der Waals surface area contributed by atoms with E-state index in [4.69, 9.17) is 12.2 Å². The minimum absolute atomic E-state index is 0.199. The third-order valence-electron chi connectivity index (χ3n) is 2.52. The van der Waals surface area contributed by atoms with Gasteiger partial charge in [-0.3, -0.25) is 4.79 Å². The standard InChI is InChI=1S/C13H12N2O2S/c1-8-7-9(4-5-11(8)16)15-12(17)10-3-2-6-14-13(10)18/h2-7,16H,1H3,(H,14,18)(H,15,17). The van der Waals surface area contributed by atoms with Crippen molar-refractivity contribution in [2.45, 2.75) is 6.92 Å². The van der Waals surface area contributed by atoms with Gasteiger partial charge in [0.1, 0.15) is 10.4 Å². The Balaban J connectivity index is 2.24. The van der Waals surface area contributed by atoms with E-state index in [-0.39, 0.29) is 11.7 Å². The number of phenols is 1. The van der Waals surface area contributed by atoms with Crippen LogP contribution in [0.15, 0.2) is 36.5 Å². The van der Waals surface area contributed by atoms with Crippen LogP contribution in [0.1, 0.15) is 15.9 Å². The molecule has 0 aliphatic heterocycles. The van der Waals surface area contributed by atoms with Crippen LogP contribution in [0.4, 0.5) is 5.69 Å². The number of hydrogen-bond donors (Lipinski definition) is 3. The molecule has 0 bridgehead atoms. The highest BCUT2D eigenvalue weighted by molar-refractivity contribution is 7.71. The molecule has 1 amide bonds. The number of aromatic amines is 1. The normalized spacial score (nSPS) is 10.1. The van der Waals surface area contributed by atoms with Crippen LogP contribution in [-0.4, -0.2) is 16.0 Å². The molecule has 0 saturated carbocycles. The summed E-state index contributed by atoms with van der Waals surface area (Å²) in [4.78, 5) is 14.8. The molecule has 0 unspecified atom stereocenters. The predicted molar refractivity (Wildman–Crippen MR) is 72.4 cm³/mol. The molecule has 2 aromatic rings. The molecule has 0 saturated heterocycles. The van der Waals surface area contributed by atoms with Gasteiger partial charge in [0.15, 0.2) is 0 Å². The van der Waals surface area contributed by atoms with E-state index >= 15 is 0 Å². The zero-order chi connectivity index (χ0) is 13.1. The zero-order valence-electron chi connectivity index (χ0n) is 9.73. The lowest BCUT2D eigenvalue weighted by Crippen LogP contribution is -2.12. The topological polar surface area (TPSA) is 65.1 Å². The van der Waals surface area contributed by atoms with Crippen molar-refractivity contribution in [3.05, 3.63) is 52.3 Å². The van der Waals surface area contributed by atoms with Crippen molar-refractivity contribution in [1.29, 1.82) is 0 Å². The van der Waals surface area contributed by atoms with Gasteiger partial charge in [0.25, 0.3) is 5.91 Å². The number of aryl methyl sites for hydroxylation is 1. The maximum atomic E-state index is 12.0. The van der Waals surface area contributed by atoms with Crippen molar-refractivity contribution < 1.29 is 9.90 Å². The Hall–Kier alpha value is -2.14. The first-order valence-corrected chi connectivity index (χ1v) is 5.77. The van der Waals surface area contributed by atoms with E-state index in [9.17, 15) is 9.90 Å². The van der Waals surface area contributed by atoms with Crippen LogP contribution in [0, 0.1) is 11.6 Å². The lowest BCUT2D eigenvalue weighted by molar-refractivity contribution is 0.102. The molecule has 0 aliphatic rings. The fraction of sp³-hybridized carbons (Fsp3) is 0.0769. The highest BCUT2D eigenvalue weighted by Crippen LogP contribution is 2.20. The van der Waals surface area contributed by atoms with Gasteiger partial charge in [-0.25, -0.2) is 0 Å². The second-order valence-corrected chi connectivity index (χ2v) is 4.28. The van der Waals surface area contributed by atoms with E-state index in [2.05, 4.69) is 10.3 Å². The number of pyridine rings is 1. The average Bonchev–Trinajstić information content (AvgIpc) is 2.34. The molecule has 92 valence electrons. The molecule has 0 atom stereocenters. The number of phenolic OH excluding ortho intramolecular Hbond substituents is 1. The summed E-state index contributed by atoms with van der Waals surface area (Å²) >= 11 is 5.03. The highest BCUT2D eigenvalue weighted by atomic mass is 32.1. The van der Waals surface area contributed by atoms with E-state index in [0.717, 1.165) is 0 Å². The van der Waals surface area contributed by atoms with Gasteiger partial charge in [0.05, 0.1) is 5.56 Å². The lowest BCUT2D eigenvalue weighted by atomic mass is 10.2. The van der Waals surface area contributed by atoms with Crippen molar-refractivity contribution in [3.63, 3.8) is 0 Å². The van der Waals surface area contributed by atoms with Crippen molar-refractivity contribution in [3.8, 4) is 5.75 Å². The maximum absolute atomic E-state index is 12.0. The summed E-state index contributed by atoms with van der Waals surface area (Å²) in [6.45, 7) is 1.76. The van der Waals surface area contributed by atoms with Gasteiger partial charge in [0.2, 0.25) is 0 Å². The number of benzene rings is 1. The Kier molecular flexibility index (Phi) is 3.43. The molecule has 4 nitrogen and oxygen atoms in total. The molecular formula is C13H12N2O2S. The van der Waals surface area contributed by atoms with Gasteiger partial charge in [-0.05, 0) is 42.8 Å². The monoisotopic (exact) mass is 260 g/mol. The molecule has 18 heavy (non-hydrogen) atoms. The Morgan fingerprint density at radius 1 is 1.39 bits per heavy atom. The SMILES string of the molecule is Cc1cc(NC(=O)c2ccc[nH]c2=S)ccc1O. The predicted octanol–water partition coefficient (Wildman–Crippen LogP) is 3.01. The van der Waals surface area contributed by atoms with Crippen LogP contribution >= 0.6 is 12.2 Å². The zero-order valence-corrected chi connectivity index (χ0v) is 10.5. The molecule has 0 fully saturated rings. The smallest absolute Gasteiger partial charge is 0.258 e. The van der Waals surface area contributed by atoms with Gasteiger partial charge < -0.3 is 15.4 Å². The summed E-state index contributed by atoms with van der Waals surface area (Å²) in [5.41, 5.74) is 1.73. The summed E-state index contributed by atoms with van der Waals surface area (Å²) in [5.74, 6) is -0.0769. The first kappa shape index (κ1) is 12.3. The van der Waals surface area contributed by atoms with Crippen LogP contribution in [-0.2, 0) is 0 Å². The Morgan fingerprint density at radius 2 is 2.17 bits per heavy atom. The minimum atomic E-state index is -0.276. The van der Waals surface area contributed by atoms with E-state index < -0.39 is 0 Å². The molecule has 2 rings (SSSR count). The van der Waals surface area contributed by atoms with Crippen molar-refractivity contribution in [1.82, 2.24) is 4.98 Å². The second kappa shape index (κ2) is 5.01. The lowest BCUT2D eigenvalue weighted by Gasteiger charge is -2.07. The van der Waals surface area contributed by atoms with Crippen molar-refractivity contribution in [2.75, 3.05) is 5.32 Å². The third-order valence-corrected chi connectivity index (χ3v) is 2.86. The summed E-state index contributed by atoms with van der Waals surface area (Å²) in [6, 6.07) is 8.24. The number of nitrogens with one attached hydrogen (secondary N) is 2. The molecule has 0 aliphatic carbocycles. The molecule has 0 radical (unpaired) electrons. The number of aromatic hydroxyl groups is 1. The van der Waals surface area contributed by atoms with Crippen LogP contribution in [0.3, 0.4) is 0 Å². The quantitative estimate of drug-likeness (QED) is 0.574. The number of carbonyl (C=O) groups is 1. The van der Waals surface area contributed by atoms with Crippen molar-refractivity contribution >= 4 is 23.8 Å². The molecular weight excluding hydrogens is 248 g/mol. The van der Waals surface area contributed by atoms with E-state index in [1.807, 2.05) is 0 Å². The number of rotatable bonds is 2. The van der Waals surface area contributed by atoms with Gasteiger partial charge in [0, 0.05) is 11.9 Å². The summed E-state index contributed by atoms with van der Waals surface area (Å²) in [6.07, 6.45) is 1.67. The molecule has 1 aromatic carbocycles. The second-order valence-electron chi connectivity index (χ2n) is 3.87. The Morgan fingerprint density at radius 3 is 2.83 bits per heavy atom. The van der Waals surface area contributed by atoms with Crippen molar-refractivity contribution in [2.24, 2.45) is 0 Å². The van der Waals surface area contributed by atoms with E-state index in [1.54, 1.807) is 37.4 Å². The summed E-state index contributed by atoms with van der Waals surface area (Å²) in [5, 5.41) is 12.1. The van der Waals surface area contributed by atoms with Gasteiger partial charge in [-0.1, -0.05) is 12.2 Å². The maximum Gasteiger partial charge on any atom is 0.258 e. The average molecular weight is 260 g/mol. The van der Waals surface area contributed by atoms with E-state index in [0.29, 0.717) is 21.5 Å². The summed E-state index contributed by atoms with van der Waals surface area (Å²) < 4.78 is 0.394. The number of carbonyl (C=O) groups excluding carboxylic acids is 1. The van der Waals surface area contributed by atoms with Crippen LogP contribution in [0.25, 0.3) is 0 Å². The molecule has 3 N–H and O–H groups in total. The van der Waals surface area contributed by atoms with E-state index in [1.165, 1.54) is 6.07 Å². The largest absolute Gasteiger partial charge is 0.508 e. The molecule has 1 heterocycles. The molecule has 1 aromatic heterocycles. The van der Waals surface area contributed by atoms with Crippen LogP contribution < -0.4 is 5.32 Å². The first-order chi connectivity index (χ1) is 8.58. The first-order valence-electron chi connectivity index (χ1n) is 5.36. The number of amides is 1. The van der Waals surface area contributed by atoms with Gasteiger partial charge in [-0.2, -0.15) is 0 Å². The fourth-order valence-electron chi connectivity index (χ4n) is 1.53. The van der Waals surface area contributed by atoms with Crippen LogP contribution in [0.2, 0.25) is 0 Å². The highest BCUT2D eigenvalue weighted by Gasteiger charge is 2.08. The number of hydrogen-bond acceptors (Lipinski definition) is 3. The third kappa shape index (κ3) is 2.57. The minimum Gasteiger partial charge on any atom is -0.508 e. The fourth-order valence-corrected chi connectivity index (χ4v) is 1.76. The van der Waals surface area contributed by atoms with Crippen LogP contribution in [0.5, 0.6) is 5.75 Å².